The van der Waals surface area contributed by atoms with Crippen molar-refractivity contribution in [3.63, 3.8) is 0 Å². The summed E-state index contributed by atoms with van der Waals surface area (Å²) < 4.78 is 5.08. The molecule has 7 heteroatoms. The molecular weight excluding hydrogens is 373 g/mol. The molecule has 5 nitrogen and oxygen atoms in total. The van der Waals surface area contributed by atoms with Gasteiger partial charge in [0, 0.05) is 10.6 Å². The molecule has 26 heavy (non-hydrogen) atoms. The summed E-state index contributed by atoms with van der Waals surface area (Å²) in [5.74, 6) is 0.885. The number of pyridine rings is 1. The number of benzene rings is 2. The second kappa shape index (κ2) is 8.08. The molecule has 1 aromatic heterocycles. The van der Waals surface area contributed by atoms with Crippen molar-refractivity contribution in [1.29, 1.82) is 0 Å². The molecular formula is C19H15Cl2N3O2. The third-order valence-corrected chi connectivity index (χ3v) is 4.12. The Hall–Kier alpha value is -2.76. The maximum atomic E-state index is 12.2. The molecule has 1 heterocycles. The van der Waals surface area contributed by atoms with E-state index in [0.29, 0.717) is 32.9 Å². The average Bonchev–Trinajstić information content (AvgIpc) is 2.65. The minimum Gasteiger partial charge on any atom is -0.497 e. The van der Waals surface area contributed by atoms with Gasteiger partial charge < -0.3 is 15.4 Å². The zero-order valence-electron chi connectivity index (χ0n) is 13.8. The van der Waals surface area contributed by atoms with Crippen molar-refractivity contribution < 1.29 is 9.53 Å². The predicted molar refractivity (Wildman–Crippen MR) is 105 cm³/mol. The van der Waals surface area contributed by atoms with Crippen molar-refractivity contribution in [3.05, 3.63) is 76.4 Å². The van der Waals surface area contributed by atoms with Crippen LogP contribution in [0.15, 0.2) is 60.8 Å². The molecule has 2 aromatic carbocycles. The van der Waals surface area contributed by atoms with E-state index in [4.69, 9.17) is 27.9 Å². The number of nitrogens with zero attached hydrogens (tertiary/aromatic N) is 1. The van der Waals surface area contributed by atoms with Gasteiger partial charge in [-0.3, -0.25) is 4.79 Å². The molecule has 0 spiro atoms. The summed E-state index contributed by atoms with van der Waals surface area (Å²) in [6.45, 7) is 0. The van der Waals surface area contributed by atoms with E-state index < -0.39 is 0 Å². The first-order valence-corrected chi connectivity index (χ1v) is 8.44. The Morgan fingerprint density at radius 1 is 1.04 bits per heavy atom. The van der Waals surface area contributed by atoms with Crippen molar-refractivity contribution in [1.82, 2.24) is 4.98 Å². The van der Waals surface area contributed by atoms with E-state index in [1.54, 1.807) is 67.9 Å². The molecule has 0 saturated carbocycles. The Kier molecular flexibility index (Phi) is 5.61. The van der Waals surface area contributed by atoms with E-state index in [9.17, 15) is 4.79 Å². The molecule has 0 saturated heterocycles. The number of amides is 1. The van der Waals surface area contributed by atoms with Crippen LogP contribution in [0.2, 0.25) is 10.0 Å². The fraction of sp³-hybridized carbons (Fsp3) is 0.0526. The zero-order chi connectivity index (χ0) is 18.5. The van der Waals surface area contributed by atoms with Crippen LogP contribution >= 0.6 is 23.2 Å². The molecule has 0 atom stereocenters. The van der Waals surface area contributed by atoms with Crippen LogP contribution in [0.25, 0.3) is 0 Å². The van der Waals surface area contributed by atoms with Crippen LogP contribution in [0.1, 0.15) is 10.4 Å². The number of anilines is 3. The fourth-order valence-electron chi connectivity index (χ4n) is 2.22. The number of hydrogen-bond acceptors (Lipinski definition) is 4. The Morgan fingerprint density at radius 3 is 2.42 bits per heavy atom. The molecule has 0 radical (unpaired) electrons. The monoisotopic (exact) mass is 387 g/mol. The average molecular weight is 388 g/mol. The van der Waals surface area contributed by atoms with Gasteiger partial charge in [0.25, 0.3) is 5.91 Å². The number of hydrogen-bond donors (Lipinski definition) is 2. The lowest BCUT2D eigenvalue weighted by molar-refractivity contribution is 0.102. The molecule has 0 bridgehead atoms. The van der Waals surface area contributed by atoms with E-state index >= 15 is 0 Å². The first-order valence-electron chi connectivity index (χ1n) is 7.69. The summed E-state index contributed by atoms with van der Waals surface area (Å²) in [4.78, 5) is 16.5. The van der Waals surface area contributed by atoms with Gasteiger partial charge in [0.15, 0.2) is 0 Å². The molecule has 0 aliphatic heterocycles. The predicted octanol–water partition coefficient (Wildman–Crippen LogP) is 5.39. The highest BCUT2D eigenvalue weighted by Gasteiger charge is 2.07. The highest BCUT2D eigenvalue weighted by Crippen LogP contribution is 2.28. The second-order valence-corrected chi connectivity index (χ2v) is 6.21. The molecule has 3 rings (SSSR count). The number of ether oxygens (including phenoxy) is 1. The molecule has 132 valence electrons. The van der Waals surface area contributed by atoms with Gasteiger partial charge >= 0.3 is 0 Å². The van der Waals surface area contributed by atoms with Gasteiger partial charge in [-0.15, -0.1) is 0 Å². The molecule has 0 unspecified atom stereocenters. The smallest absolute Gasteiger partial charge is 0.256 e. The minimum absolute atomic E-state index is 0.249. The zero-order valence-corrected chi connectivity index (χ0v) is 15.3. The fourth-order valence-corrected chi connectivity index (χ4v) is 2.67. The Balaban J connectivity index is 1.66. The normalized spacial score (nSPS) is 10.3. The standard InChI is InChI=1S/C19H15Cl2N3O2/c1-26-15-6-2-12(3-7-15)19(25)24-18-9-5-14(11-22-18)23-17-8-4-13(20)10-16(17)21/h2-11,23H,1H3,(H,22,24,25). The Labute approximate surface area is 160 Å². The van der Waals surface area contributed by atoms with Gasteiger partial charge in [-0.2, -0.15) is 0 Å². The van der Waals surface area contributed by atoms with Gasteiger partial charge in [0.05, 0.1) is 29.7 Å². The van der Waals surface area contributed by atoms with Gasteiger partial charge in [0.1, 0.15) is 11.6 Å². The Bertz CT molecular complexity index is 913. The highest BCUT2D eigenvalue weighted by molar-refractivity contribution is 6.36. The summed E-state index contributed by atoms with van der Waals surface area (Å²) >= 11 is 12.0. The van der Waals surface area contributed by atoms with Gasteiger partial charge in [-0.25, -0.2) is 4.98 Å². The molecule has 0 aliphatic carbocycles. The summed E-state index contributed by atoms with van der Waals surface area (Å²) in [5, 5.41) is 6.96. The number of halogens is 2. The summed E-state index contributed by atoms with van der Waals surface area (Å²) in [6.07, 6.45) is 1.61. The first-order chi connectivity index (χ1) is 12.5. The van der Waals surface area contributed by atoms with Crippen LogP contribution in [-0.4, -0.2) is 18.0 Å². The van der Waals surface area contributed by atoms with E-state index in [0.717, 1.165) is 5.69 Å². The van der Waals surface area contributed by atoms with Gasteiger partial charge in [-0.05, 0) is 54.6 Å². The van der Waals surface area contributed by atoms with Crippen LogP contribution in [0.4, 0.5) is 17.2 Å². The van der Waals surface area contributed by atoms with Crippen LogP contribution in [0.5, 0.6) is 5.75 Å². The number of aromatic nitrogens is 1. The number of methoxy groups -OCH3 is 1. The molecule has 3 aromatic rings. The summed E-state index contributed by atoms with van der Waals surface area (Å²) in [5.41, 5.74) is 1.97. The maximum absolute atomic E-state index is 12.2. The molecule has 0 aliphatic rings. The molecule has 0 fully saturated rings. The third kappa shape index (κ3) is 4.45. The second-order valence-electron chi connectivity index (χ2n) is 5.36. The lowest BCUT2D eigenvalue weighted by Crippen LogP contribution is -2.12. The highest BCUT2D eigenvalue weighted by atomic mass is 35.5. The van der Waals surface area contributed by atoms with E-state index in [-0.39, 0.29) is 5.91 Å². The van der Waals surface area contributed by atoms with Gasteiger partial charge in [0.2, 0.25) is 0 Å². The number of nitrogens with one attached hydrogen (secondary N) is 2. The topological polar surface area (TPSA) is 63.2 Å². The van der Waals surface area contributed by atoms with Crippen molar-refractivity contribution in [2.24, 2.45) is 0 Å². The maximum Gasteiger partial charge on any atom is 0.256 e. The number of rotatable bonds is 5. The number of carbonyl (C=O) groups excluding carboxylic acids is 1. The van der Waals surface area contributed by atoms with Crippen molar-refractivity contribution >= 4 is 46.3 Å². The molecule has 2 N–H and O–H groups in total. The van der Waals surface area contributed by atoms with E-state index in [1.807, 2.05) is 0 Å². The molecule has 1 amide bonds. The van der Waals surface area contributed by atoms with Crippen LogP contribution in [0.3, 0.4) is 0 Å². The van der Waals surface area contributed by atoms with Gasteiger partial charge in [-0.1, -0.05) is 23.2 Å². The largest absolute Gasteiger partial charge is 0.497 e. The van der Waals surface area contributed by atoms with E-state index in [1.165, 1.54) is 0 Å². The quantitative estimate of drug-likeness (QED) is 0.615. The number of carbonyl (C=O) groups is 1. The van der Waals surface area contributed by atoms with E-state index in [2.05, 4.69) is 15.6 Å². The summed E-state index contributed by atoms with van der Waals surface area (Å²) in [7, 11) is 1.58. The summed E-state index contributed by atoms with van der Waals surface area (Å²) in [6, 6.07) is 15.5. The van der Waals surface area contributed by atoms with Crippen LogP contribution in [0, 0.1) is 0 Å². The van der Waals surface area contributed by atoms with Crippen molar-refractivity contribution in [2.75, 3.05) is 17.7 Å². The van der Waals surface area contributed by atoms with Crippen LogP contribution < -0.4 is 15.4 Å². The Morgan fingerprint density at radius 2 is 1.81 bits per heavy atom. The first kappa shape index (κ1) is 18.0. The lowest BCUT2D eigenvalue weighted by Gasteiger charge is -2.10. The SMILES string of the molecule is COc1ccc(C(=O)Nc2ccc(Nc3ccc(Cl)cc3Cl)cn2)cc1. The van der Waals surface area contributed by atoms with Crippen molar-refractivity contribution in [3.8, 4) is 5.75 Å². The van der Waals surface area contributed by atoms with Crippen molar-refractivity contribution in [2.45, 2.75) is 0 Å². The minimum atomic E-state index is -0.249. The third-order valence-electron chi connectivity index (χ3n) is 3.57. The van der Waals surface area contributed by atoms with Crippen LogP contribution in [-0.2, 0) is 0 Å². The lowest BCUT2D eigenvalue weighted by atomic mass is 10.2.